The quantitative estimate of drug-likeness (QED) is 0.439. The van der Waals surface area contributed by atoms with Crippen LogP contribution in [-0.4, -0.2) is 34.0 Å². The molecule has 0 unspecified atom stereocenters. The monoisotopic (exact) mass is 434 g/mol. The van der Waals surface area contributed by atoms with E-state index in [0.717, 1.165) is 39.9 Å². The topological polar surface area (TPSA) is 81.5 Å². The van der Waals surface area contributed by atoms with Gasteiger partial charge in [-0.25, -0.2) is 0 Å². The van der Waals surface area contributed by atoms with Gasteiger partial charge < -0.3 is 14.6 Å². The molecule has 4 rings (SSSR count). The van der Waals surface area contributed by atoms with Crippen molar-refractivity contribution in [2.45, 2.75) is 18.3 Å². The van der Waals surface area contributed by atoms with Crippen LogP contribution in [0.1, 0.15) is 16.7 Å². The van der Waals surface area contributed by atoms with E-state index in [1.54, 1.807) is 14.2 Å². The number of ether oxygens (including phenoxy) is 2. The second-order valence-corrected chi connectivity index (χ2v) is 7.93. The van der Waals surface area contributed by atoms with E-state index in [9.17, 15) is 9.90 Å². The maximum Gasteiger partial charge on any atom is 0.314 e. The second kappa shape index (κ2) is 8.73. The summed E-state index contributed by atoms with van der Waals surface area (Å²) in [5.41, 5.74) is 2.81. The zero-order chi connectivity index (χ0) is 21.8. The number of carboxylic acids is 1. The summed E-state index contributed by atoms with van der Waals surface area (Å²) in [7, 11) is 3.22. The number of hydrogen-bond acceptors (Lipinski definition) is 6. The van der Waals surface area contributed by atoms with Crippen molar-refractivity contribution in [3.8, 4) is 11.5 Å². The molecule has 31 heavy (non-hydrogen) atoms. The van der Waals surface area contributed by atoms with Gasteiger partial charge >= 0.3 is 5.97 Å². The fraction of sp³-hybridized carbons (Fsp3) is 0.208. The molecule has 1 N–H and O–H groups in total. The largest absolute Gasteiger partial charge is 0.497 e. The molecule has 0 aliphatic heterocycles. The van der Waals surface area contributed by atoms with Crippen molar-refractivity contribution in [1.29, 1.82) is 0 Å². The molecule has 0 atom stereocenters. The third-order valence-electron chi connectivity index (χ3n) is 5.55. The second-order valence-electron chi connectivity index (χ2n) is 7.40. The van der Waals surface area contributed by atoms with E-state index < -0.39 is 11.4 Å². The van der Waals surface area contributed by atoms with Gasteiger partial charge in [-0.1, -0.05) is 30.3 Å². The maximum absolute atomic E-state index is 12.9. The predicted octanol–water partition coefficient (Wildman–Crippen LogP) is 4.52. The smallest absolute Gasteiger partial charge is 0.314 e. The van der Waals surface area contributed by atoms with Crippen LogP contribution in [0.15, 0.2) is 66.7 Å². The minimum Gasteiger partial charge on any atom is -0.497 e. The van der Waals surface area contributed by atoms with Crippen LogP contribution in [0.5, 0.6) is 11.5 Å². The molecule has 1 aromatic heterocycles. The van der Waals surface area contributed by atoms with Crippen molar-refractivity contribution in [3.63, 3.8) is 0 Å². The lowest BCUT2D eigenvalue weighted by atomic mass is 9.71. The minimum absolute atomic E-state index is 0.321. The first-order chi connectivity index (χ1) is 15.0. The van der Waals surface area contributed by atoms with Gasteiger partial charge in [0, 0.05) is 0 Å². The summed E-state index contributed by atoms with van der Waals surface area (Å²) in [6.45, 7) is 0. The maximum atomic E-state index is 12.9. The van der Waals surface area contributed by atoms with Gasteiger partial charge in [-0.2, -0.15) is 8.75 Å². The Morgan fingerprint density at radius 1 is 0.839 bits per heavy atom. The summed E-state index contributed by atoms with van der Waals surface area (Å²) in [5, 5.41) is 10.5. The number of methoxy groups -OCH3 is 2. The molecule has 0 fully saturated rings. The van der Waals surface area contributed by atoms with E-state index in [2.05, 4.69) is 8.75 Å². The third-order valence-corrected chi connectivity index (χ3v) is 6.10. The number of fused-ring (bicyclic) bond motifs is 1. The van der Waals surface area contributed by atoms with Gasteiger partial charge in [-0.15, -0.1) is 0 Å². The number of nitrogens with zero attached hydrogens (tertiary/aromatic N) is 2. The number of benzene rings is 3. The Labute approximate surface area is 184 Å². The molecule has 0 saturated carbocycles. The number of aromatic nitrogens is 2. The Hall–Kier alpha value is -3.45. The molecule has 1 heterocycles. The van der Waals surface area contributed by atoms with Crippen LogP contribution in [0.2, 0.25) is 0 Å². The SMILES string of the molecule is COc1ccc(CC(Cc2ccc(OC)cc2)(C(=O)O)c2ccc3nsnc3c2)cc1. The Morgan fingerprint density at radius 3 is 1.84 bits per heavy atom. The van der Waals surface area contributed by atoms with E-state index in [1.807, 2.05) is 66.7 Å². The van der Waals surface area contributed by atoms with E-state index >= 15 is 0 Å². The predicted molar refractivity (Wildman–Crippen MR) is 120 cm³/mol. The first-order valence-corrected chi connectivity index (χ1v) is 10.5. The van der Waals surface area contributed by atoms with E-state index in [-0.39, 0.29) is 0 Å². The van der Waals surface area contributed by atoms with Gasteiger partial charge in [-0.3, -0.25) is 4.79 Å². The van der Waals surface area contributed by atoms with Crippen molar-refractivity contribution < 1.29 is 19.4 Å². The van der Waals surface area contributed by atoms with Crippen LogP contribution in [0, 0.1) is 0 Å². The van der Waals surface area contributed by atoms with Crippen molar-refractivity contribution in [2.24, 2.45) is 0 Å². The van der Waals surface area contributed by atoms with E-state index in [4.69, 9.17) is 9.47 Å². The number of carbonyl (C=O) groups is 1. The number of carboxylic acid groups (broad SMARTS) is 1. The minimum atomic E-state index is -1.18. The highest BCUT2D eigenvalue weighted by Gasteiger charge is 2.41. The highest BCUT2D eigenvalue weighted by Crippen LogP contribution is 2.35. The molecule has 7 heteroatoms. The third kappa shape index (κ3) is 4.22. The van der Waals surface area contributed by atoms with Crippen LogP contribution in [0.3, 0.4) is 0 Å². The lowest BCUT2D eigenvalue weighted by molar-refractivity contribution is -0.143. The summed E-state index contributed by atoms with van der Waals surface area (Å²) in [6.07, 6.45) is 0.642. The molecule has 0 aliphatic carbocycles. The summed E-state index contributed by atoms with van der Waals surface area (Å²) in [6, 6.07) is 20.6. The molecule has 0 spiro atoms. The number of hydrogen-bond donors (Lipinski definition) is 1. The number of aliphatic carboxylic acids is 1. The van der Waals surface area contributed by atoms with Crippen molar-refractivity contribution in [1.82, 2.24) is 8.75 Å². The van der Waals surface area contributed by atoms with Crippen LogP contribution < -0.4 is 9.47 Å². The summed E-state index contributed by atoms with van der Waals surface area (Å²) in [5.74, 6) is 0.575. The average Bonchev–Trinajstić information content (AvgIpc) is 3.27. The molecule has 0 amide bonds. The lowest BCUT2D eigenvalue weighted by Crippen LogP contribution is -2.40. The standard InChI is InChI=1S/C24H22N2O4S/c1-29-19-8-3-16(4-9-19)14-24(23(27)28,15-17-5-10-20(30-2)11-6-17)18-7-12-21-22(13-18)26-31-25-21/h3-13H,14-15H2,1-2H3,(H,27,28). The fourth-order valence-electron chi connectivity index (χ4n) is 3.80. The van der Waals surface area contributed by atoms with Crippen LogP contribution in [0.25, 0.3) is 11.0 Å². The first kappa shape index (κ1) is 20.8. The molecule has 0 radical (unpaired) electrons. The Balaban J connectivity index is 1.81. The first-order valence-electron chi connectivity index (χ1n) is 9.76. The Bertz CT molecular complexity index is 1140. The van der Waals surface area contributed by atoms with Crippen LogP contribution in [-0.2, 0) is 23.1 Å². The molecular weight excluding hydrogens is 412 g/mol. The molecule has 0 bridgehead atoms. The van der Waals surface area contributed by atoms with E-state index in [0.29, 0.717) is 23.9 Å². The summed E-state index contributed by atoms with van der Waals surface area (Å²) in [4.78, 5) is 12.9. The van der Waals surface area contributed by atoms with Gasteiger partial charge in [0.2, 0.25) is 0 Å². The van der Waals surface area contributed by atoms with Crippen LogP contribution in [0.4, 0.5) is 0 Å². The van der Waals surface area contributed by atoms with Crippen LogP contribution >= 0.6 is 11.7 Å². The fourth-order valence-corrected chi connectivity index (χ4v) is 4.32. The normalized spacial score (nSPS) is 11.4. The zero-order valence-electron chi connectivity index (χ0n) is 17.2. The number of rotatable bonds is 8. The van der Waals surface area contributed by atoms with Gasteiger partial charge in [0.25, 0.3) is 0 Å². The molecule has 3 aromatic carbocycles. The molecule has 6 nitrogen and oxygen atoms in total. The van der Waals surface area contributed by atoms with Crippen molar-refractivity contribution in [3.05, 3.63) is 83.4 Å². The van der Waals surface area contributed by atoms with Gasteiger partial charge in [0.05, 0.1) is 25.9 Å². The molecule has 0 aliphatic rings. The van der Waals surface area contributed by atoms with Crippen molar-refractivity contribution in [2.75, 3.05) is 14.2 Å². The molecule has 4 aromatic rings. The molecule has 0 saturated heterocycles. The average molecular weight is 435 g/mol. The highest BCUT2D eigenvalue weighted by molar-refractivity contribution is 7.00. The summed E-state index contributed by atoms with van der Waals surface area (Å²) >= 11 is 1.12. The highest BCUT2D eigenvalue weighted by atomic mass is 32.1. The van der Waals surface area contributed by atoms with Gasteiger partial charge in [0.1, 0.15) is 27.9 Å². The summed E-state index contributed by atoms with van der Waals surface area (Å²) < 4.78 is 19.1. The Morgan fingerprint density at radius 2 is 1.35 bits per heavy atom. The molecule has 158 valence electrons. The molecular formula is C24H22N2O4S. The van der Waals surface area contributed by atoms with Gasteiger partial charge in [0.15, 0.2) is 0 Å². The van der Waals surface area contributed by atoms with Crippen molar-refractivity contribution >= 4 is 28.7 Å². The zero-order valence-corrected chi connectivity index (χ0v) is 18.1. The lowest BCUT2D eigenvalue weighted by Gasteiger charge is -2.31. The van der Waals surface area contributed by atoms with Gasteiger partial charge in [-0.05, 0) is 65.9 Å². The Kier molecular flexibility index (Phi) is 5.86. The van der Waals surface area contributed by atoms with E-state index in [1.165, 1.54) is 0 Å².